The average molecular weight is 259 g/mol. The minimum Gasteiger partial charge on any atom is -0.338 e. The zero-order chi connectivity index (χ0) is 13.4. The second kappa shape index (κ2) is 4.93. The largest absolute Gasteiger partial charge is 0.338 e. The maximum absolute atomic E-state index is 12.5. The number of amides is 1. The van der Waals surface area contributed by atoms with Gasteiger partial charge in [0.15, 0.2) is 0 Å². The molecule has 2 N–H and O–H groups in total. The fourth-order valence-corrected chi connectivity index (χ4v) is 3.46. The third kappa shape index (κ3) is 2.37. The van der Waals surface area contributed by atoms with Crippen molar-refractivity contribution in [2.24, 2.45) is 17.6 Å². The van der Waals surface area contributed by atoms with Gasteiger partial charge in [-0.05, 0) is 43.7 Å². The van der Waals surface area contributed by atoms with Crippen molar-refractivity contribution >= 4 is 5.91 Å². The molecule has 0 bridgehead atoms. The van der Waals surface area contributed by atoms with E-state index in [0.29, 0.717) is 17.4 Å². The molecule has 1 saturated heterocycles. The first-order valence-electron chi connectivity index (χ1n) is 7.12. The molecule has 4 heteroatoms. The predicted octanol–water partition coefficient (Wildman–Crippen LogP) is 1.59. The number of aromatic nitrogens is 1. The van der Waals surface area contributed by atoms with Gasteiger partial charge >= 0.3 is 0 Å². The summed E-state index contributed by atoms with van der Waals surface area (Å²) in [4.78, 5) is 18.6. The molecule has 2 fully saturated rings. The Bertz CT molecular complexity index is 471. The summed E-state index contributed by atoms with van der Waals surface area (Å²) in [6.45, 7) is 3.61. The summed E-state index contributed by atoms with van der Waals surface area (Å²) >= 11 is 0. The van der Waals surface area contributed by atoms with E-state index < -0.39 is 0 Å². The van der Waals surface area contributed by atoms with Crippen molar-refractivity contribution in [1.82, 2.24) is 9.88 Å². The van der Waals surface area contributed by atoms with Crippen LogP contribution in [0, 0.1) is 18.8 Å². The van der Waals surface area contributed by atoms with E-state index in [2.05, 4.69) is 4.98 Å². The minimum atomic E-state index is 0.106. The second-order valence-corrected chi connectivity index (χ2v) is 5.92. The molecule has 1 aliphatic heterocycles. The number of hydrogen-bond donors (Lipinski definition) is 1. The molecule has 2 aliphatic rings. The normalized spacial score (nSPS) is 30.2. The quantitative estimate of drug-likeness (QED) is 0.833. The third-order valence-electron chi connectivity index (χ3n) is 4.60. The lowest BCUT2D eigenvalue weighted by molar-refractivity contribution is 0.0783. The van der Waals surface area contributed by atoms with Crippen LogP contribution in [-0.4, -0.2) is 34.9 Å². The Labute approximate surface area is 114 Å². The minimum absolute atomic E-state index is 0.106. The van der Waals surface area contributed by atoms with Gasteiger partial charge in [-0.3, -0.25) is 9.78 Å². The monoisotopic (exact) mass is 259 g/mol. The Morgan fingerprint density at radius 3 is 2.89 bits per heavy atom. The molecule has 1 aliphatic carbocycles. The van der Waals surface area contributed by atoms with Crippen molar-refractivity contribution in [2.75, 3.05) is 13.1 Å². The van der Waals surface area contributed by atoms with Gasteiger partial charge in [0.1, 0.15) is 0 Å². The van der Waals surface area contributed by atoms with Crippen molar-refractivity contribution in [3.8, 4) is 0 Å². The van der Waals surface area contributed by atoms with Crippen molar-refractivity contribution in [3.63, 3.8) is 0 Å². The summed E-state index contributed by atoms with van der Waals surface area (Å²) in [7, 11) is 0. The summed E-state index contributed by atoms with van der Waals surface area (Å²) < 4.78 is 0. The van der Waals surface area contributed by atoms with E-state index in [0.717, 1.165) is 25.2 Å². The molecular weight excluding hydrogens is 238 g/mol. The molecule has 0 radical (unpaired) electrons. The fraction of sp³-hybridized carbons (Fsp3) is 0.600. The zero-order valence-electron chi connectivity index (χ0n) is 11.4. The number of carbonyl (C=O) groups excluding carboxylic acids is 1. The number of pyridine rings is 1. The first kappa shape index (κ1) is 12.6. The molecule has 1 amide bonds. The number of fused-ring (bicyclic) bond motifs is 1. The van der Waals surface area contributed by atoms with Gasteiger partial charge in [-0.2, -0.15) is 0 Å². The van der Waals surface area contributed by atoms with Gasteiger partial charge in [-0.15, -0.1) is 0 Å². The molecule has 2 heterocycles. The van der Waals surface area contributed by atoms with Crippen LogP contribution in [0.1, 0.15) is 35.3 Å². The van der Waals surface area contributed by atoms with Crippen LogP contribution in [0.2, 0.25) is 0 Å². The molecule has 1 aromatic rings. The van der Waals surface area contributed by atoms with Gasteiger partial charge in [0.25, 0.3) is 5.91 Å². The molecule has 4 nitrogen and oxygen atoms in total. The van der Waals surface area contributed by atoms with Gasteiger partial charge in [0, 0.05) is 31.0 Å². The van der Waals surface area contributed by atoms with E-state index in [4.69, 9.17) is 5.73 Å². The van der Waals surface area contributed by atoms with Crippen LogP contribution in [0.3, 0.4) is 0 Å². The van der Waals surface area contributed by atoms with E-state index in [1.54, 1.807) is 6.20 Å². The van der Waals surface area contributed by atoms with Crippen LogP contribution in [0.15, 0.2) is 18.3 Å². The smallest absolute Gasteiger partial charge is 0.255 e. The molecule has 0 spiro atoms. The SMILES string of the molecule is Cc1ccc(C(=O)N2CC3CCCC(N)C3C2)cn1. The predicted molar refractivity (Wildman–Crippen MR) is 73.7 cm³/mol. The number of rotatable bonds is 1. The Morgan fingerprint density at radius 2 is 2.21 bits per heavy atom. The highest BCUT2D eigenvalue weighted by atomic mass is 16.2. The summed E-state index contributed by atoms with van der Waals surface area (Å²) in [5.41, 5.74) is 7.82. The lowest BCUT2D eigenvalue weighted by atomic mass is 9.78. The van der Waals surface area contributed by atoms with Crippen LogP contribution in [-0.2, 0) is 0 Å². The van der Waals surface area contributed by atoms with Gasteiger partial charge in [0.2, 0.25) is 0 Å². The Morgan fingerprint density at radius 1 is 1.37 bits per heavy atom. The first-order valence-corrected chi connectivity index (χ1v) is 7.12. The molecular formula is C15H21N3O. The maximum atomic E-state index is 12.5. The summed E-state index contributed by atoms with van der Waals surface area (Å²) in [5.74, 6) is 1.20. The van der Waals surface area contributed by atoms with Crippen molar-refractivity contribution in [3.05, 3.63) is 29.6 Å². The number of aryl methyl sites for hydroxylation is 1. The number of likely N-dealkylation sites (tertiary alicyclic amines) is 1. The number of nitrogens with two attached hydrogens (primary N) is 1. The molecule has 19 heavy (non-hydrogen) atoms. The van der Waals surface area contributed by atoms with Crippen molar-refractivity contribution in [1.29, 1.82) is 0 Å². The summed E-state index contributed by atoms with van der Waals surface area (Å²) in [5, 5.41) is 0. The average Bonchev–Trinajstić information content (AvgIpc) is 2.84. The standard InChI is InChI=1S/C15H21N3O/c1-10-5-6-11(7-17-10)15(19)18-8-12-3-2-4-14(16)13(12)9-18/h5-7,12-14H,2-4,8-9,16H2,1H3. The van der Waals surface area contributed by atoms with Crippen LogP contribution < -0.4 is 5.73 Å². The first-order chi connectivity index (χ1) is 9.15. The van der Waals surface area contributed by atoms with Gasteiger partial charge in [-0.25, -0.2) is 0 Å². The van der Waals surface area contributed by atoms with Gasteiger partial charge in [0.05, 0.1) is 5.56 Å². The molecule has 102 valence electrons. The van der Waals surface area contributed by atoms with E-state index >= 15 is 0 Å². The van der Waals surface area contributed by atoms with E-state index in [9.17, 15) is 4.79 Å². The maximum Gasteiger partial charge on any atom is 0.255 e. The van der Waals surface area contributed by atoms with Gasteiger partial charge in [-0.1, -0.05) is 6.42 Å². The highest BCUT2D eigenvalue weighted by molar-refractivity contribution is 5.94. The van der Waals surface area contributed by atoms with E-state index in [1.807, 2.05) is 24.0 Å². The van der Waals surface area contributed by atoms with Crippen LogP contribution in [0.5, 0.6) is 0 Å². The molecule has 3 atom stereocenters. The van der Waals surface area contributed by atoms with E-state index in [-0.39, 0.29) is 11.9 Å². The van der Waals surface area contributed by atoms with Crippen LogP contribution in [0.4, 0.5) is 0 Å². The number of hydrogen-bond acceptors (Lipinski definition) is 3. The highest BCUT2D eigenvalue weighted by Crippen LogP contribution is 2.35. The molecule has 0 aromatic carbocycles. The Balaban J connectivity index is 1.73. The topological polar surface area (TPSA) is 59.2 Å². The summed E-state index contributed by atoms with van der Waals surface area (Å²) in [6.07, 6.45) is 5.21. The third-order valence-corrected chi connectivity index (χ3v) is 4.60. The Kier molecular flexibility index (Phi) is 3.27. The molecule has 1 aromatic heterocycles. The van der Waals surface area contributed by atoms with Crippen molar-refractivity contribution < 1.29 is 4.79 Å². The fourth-order valence-electron chi connectivity index (χ4n) is 3.46. The molecule has 3 rings (SSSR count). The Hall–Kier alpha value is -1.42. The lowest BCUT2D eigenvalue weighted by Gasteiger charge is -2.29. The number of carbonyl (C=O) groups is 1. The highest BCUT2D eigenvalue weighted by Gasteiger charge is 2.40. The van der Waals surface area contributed by atoms with E-state index in [1.165, 1.54) is 12.8 Å². The number of nitrogens with zero attached hydrogens (tertiary/aromatic N) is 2. The van der Waals surface area contributed by atoms with Crippen LogP contribution >= 0.6 is 0 Å². The zero-order valence-corrected chi connectivity index (χ0v) is 11.4. The summed E-state index contributed by atoms with van der Waals surface area (Å²) in [6, 6.07) is 4.03. The second-order valence-electron chi connectivity index (χ2n) is 5.92. The van der Waals surface area contributed by atoms with Crippen molar-refractivity contribution in [2.45, 2.75) is 32.2 Å². The molecule has 1 saturated carbocycles. The molecule has 3 unspecified atom stereocenters. The van der Waals surface area contributed by atoms with Crippen LogP contribution in [0.25, 0.3) is 0 Å². The lowest BCUT2D eigenvalue weighted by Crippen LogP contribution is -2.38. The van der Waals surface area contributed by atoms with Gasteiger partial charge < -0.3 is 10.6 Å².